The molecule has 0 aliphatic heterocycles. The SMILES string of the molecule is CNC(CC(C)N)c1cc[nH]c1. The lowest BCUT2D eigenvalue weighted by molar-refractivity contribution is 0.500. The molecule has 68 valence electrons. The molecule has 2 atom stereocenters. The van der Waals surface area contributed by atoms with Gasteiger partial charge in [-0.1, -0.05) is 0 Å². The molecule has 0 saturated heterocycles. The van der Waals surface area contributed by atoms with Crippen molar-refractivity contribution in [1.82, 2.24) is 10.3 Å². The van der Waals surface area contributed by atoms with E-state index < -0.39 is 0 Å². The lowest BCUT2D eigenvalue weighted by Crippen LogP contribution is -2.25. The quantitative estimate of drug-likeness (QED) is 0.627. The number of H-pyrrole nitrogens is 1. The van der Waals surface area contributed by atoms with Crippen LogP contribution in [0.25, 0.3) is 0 Å². The number of nitrogens with two attached hydrogens (primary N) is 1. The van der Waals surface area contributed by atoms with Crippen LogP contribution in [-0.2, 0) is 0 Å². The van der Waals surface area contributed by atoms with Crippen molar-refractivity contribution in [2.75, 3.05) is 7.05 Å². The van der Waals surface area contributed by atoms with Crippen LogP contribution in [0.3, 0.4) is 0 Å². The highest BCUT2D eigenvalue weighted by molar-refractivity contribution is 5.13. The topological polar surface area (TPSA) is 53.8 Å². The third-order valence-corrected chi connectivity index (χ3v) is 1.98. The fourth-order valence-corrected chi connectivity index (χ4v) is 1.35. The first kappa shape index (κ1) is 9.29. The molecule has 0 spiro atoms. The lowest BCUT2D eigenvalue weighted by Gasteiger charge is -2.16. The van der Waals surface area contributed by atoms with E-state index in [0.717, 1.165) is 6.42 Å². The molecule has 3 heteroatoms. The van der Waals surface area contributed by atoms with Gasteiger partial charge < -0.3 is 16.0 Å². The summed E-state index contributed by atoms with van der Waals surface area (Å²) in [5.74, 6) is 0. The van der Waals surface area contributed by atoms with Gasteiger partial charge in [0, 0.05) is 24.5 Å². The second-order valence-corrected chi connectivity index (χ2v) is 3.20. The van der Waals surface area contributed by atoms with E-state index >= 15 is 0 Å². The molecule has 1 aromatic rings. The molecule has 0 fully saturated rings. The van der Waals surface area contributed by atoms with Crippen LogP contribution in [0.1, 0.15) is 24.9 Å². The van der Waals surface area contributed by atoms with Crippen molar-refractivity contribution >= 4 is 0 Å². The zero-order chi connectivity index (χ0) is 8.97. The van der Waals surface area contributed by atoms with Crippen LogP contribution < -0.4 is 11.1 Å². The fourth-order valence-electron chi connectivity index (χ4n) is 1.35. The van der Waals surface area contributed by atoms with Gasteiger partial charge in [-0.3, -0.25) is 0 Å². The normalized spacial score (nSPS) is 15.9. The van der Waals surface area contributed by atoms with Gasteiger partial charge in [-0.25, -0.2) is 0 Å². The molecule has 1 aromatic heterocycles. The summed E-state index contributed by atoms with van der Waals surface area (Å²) in [6.07, 6.45) is 4.90. The smallest absolute Gasteiger partial charge is 0.0347 e. The van der Waals surface area contributed by atoms with Crippen LogP contribution in [0.2, 0.25) is 0 Å². The first-order chi connectivity index (χ1) is 5.74. The maximum absolute atomic E-state index is 5.72. The van der Waals surface area contributed by atoms with Gasteiger partial charge in [0.15, 0.2) is 0 Å². The van der Waals surface area contributed by atoms with E-state index in [1.165, 1.54) is 5.56 Å². The Kier molecular flexibility index (Phi) is 3.31. The third-order valence-electron chi connectivity index (χ3n) is 1.98. The summed E-state index contributed by atoms with van der Waals surface area (Å²) in [5, 5.41) is 3.24. The van der Waals surface area contributed by atoms with Gasteiger partial charge in [-0.2, -0.15) is 0 Å². The maximum Gasteiger partial charge on any atom is 0.0347 e. The van der Waals surface area contributed by atoms with Crippen LogP contribution in [0.4, 0.5) is 0 Å². The Bertz CT molecular complexity index is 204. The van der Waals surface area contributed by atoms with Crippen molar-refractivity contribution in [3.8, 4) is 0 Å². The summed E-state index contributed by atoms with van der Waals surface area (Å²) < 4.78 is 0. The Morgan fingerprint density at radius 2 is 2.42 bits per heavy atom. The second kappa shape index (κ2) is 4.28. The molecule has 1 heterocycles. The van der Waals surface area contributed by atoms with Crippen LogP contribution in [-0.4, -0.2) is 18.1 Å². The van der Waals surface area contributed by atoms with Crippen LogP contribution in [0, 0.1) is 0 Å². The van der Waals surface area contributed by atoms with Gasteiger partial charge in [0.05, 0.1) is 0 Å². The van der Waals surface area contributed by atoms with Gasteiger partial charge in [-0.15, -0.1) is 0 Å². The zero-order valence-electron chi connectivity index (χ0n) is 7.67. The van der Waals surface area contributed by atoms with Gasteiger partial charge in [-0.05, 0) is 32.0 Å². The van der Waals surface area contributed by atoms with Gasteiger partial charge in [0.25, 0.3) is 0 Å². The molecule has 0 aliphatic carbocycles. The largest absolute Gasteiger partial charge is 0.367 e. The van der Waals surface area contributed by atoms with Crippen molar-refractivity contribution in [2.45, 2.75) is 25.4 Å². The maximum atomic E-state index is 5.72. The molecule has 12 heavy (non-hydrogen) atoms. The van der Waals surface area contributed by atoms with E-state index in [4.69, 9.17) is 5.73 Å². The van der Waals surface area contributed by atoms with Crippen molar-refractivity contribution in [3.63, 3.8) is 0 Å². The summed E-state index contributed by atoms with van der Waals surface area (Å²) in [6.45, 7) is 2.02. The number of hydrogen-bond donors (Lipinski definition) is 3. The van der Waals surface area contributed by atoms with E-state index in [9.17, 15) is 0 Å². The van der Waals surface area contributed by atoms with Crippen LogP contribution >= 0.6 is 0 Å². The van der Waals surface area contributed by atoms with Crippen molar-refractivity contribution in [3.05, 3.63) is 24.0 Å². The Morgan fingerprint density at radius 1 is 1.67 bits per heavy atom. The molecular weight excluding hydrogens is 150 g/mol. The standard InChI is InChI=1S/C9H17N3/c1-7(10)5-9(11-2)8-3-4-12-6-8/h3-4,6-7,9,11-12H,5,10H2,1-2H3. The minimum Gasteiger partial charge on any atom is -0.367 e. The molecule has 2 unspecified atom stereocenters. The molecule has 3 nitrogen and oxygen atoms in total. The predicted octanol–water partition coefficient (Wildman–Crippen LogP) is 1.01. The fraction of sp³-hybridized carbons (Fsp3) is 0.556. The third kappa shape index (κ3) is 2.36. The molecule has 0 aromatic carbocycles. The minimum absolute atomic E-state index is 0.234. The van der Waals surface area contributed by atoms with E-state index in [1.807, 2.05) is 26.4 Å². The number of nitrogens with one attached hydrogen (secondary N) is 2. The van der Waals surface area contributed by atoms with Crippen molar-refractivity contribution in [2.24, 2.45) is 5.73 Å². The molecule has 0 radical (unpaired) electrons. The molecular formula is C9H17N3. The Balaban J connectivity index is 2.57. The number of aromatic nitrogens is 1. The highest BCUT2D eigenvalue weighted by Gasteiger charge is 2.10. The first-order valence-corrected chi connectivity index (χ1v) is 4.29. The summed E-state index contributed by atoms with van der Waals surface area (Å²) >= 11 is 0. The zero-order valence-corrected chi connectivity index (χ0v) is 7.67. The average Bonchev–Trinajstić information content (AvgIpc) is 2.51. The Morgan fingerprint density at radius 3 is 2.83 bits per heavy atom. The number of aromatic amines is 1. The number of rotatable bonds is 4. The Labute approximate surface area is 73.4 Å². The highest BCUT2D eigenvalue weighted by Crippen LogP contribution is 2.16. The first-order valence-electron chi connectivity index (χ1n) is 4.29. The van der Waals surface area contributed by atoms with Crippen molar-refractivity contribution in [1.29, 1.82) is 0 Å². The van der Waals surface area contributed by atoms with Crippen LogP contribution in [0.5, 0.6) is 0 Å². The van der Waals surface area contributed by atoms with Crippen LogP contribution in [0.15, 0.2) is 18.5 Å². The van der Waals surface area contributed by atoms with E-state index in [2.05, 4.69) is 16.4 Å². The minimum atomic E-state index is 0.234. The van der Waals surface area contributed by atoms with Gasteiger partial charge >= 0.3 is 0 Å². The molecule has 0 saturated carbocycles. The van der Waals surface area contributed by atoms with Gasteiger partial charge in [0.1, 0.15) is 0 Å². The summed E-state index contributed by atoms with van der Waals surface area (Å²) in [4.78, 5) is 3.04. The molecule has 4 N–H and O–H groups in total. The number of hydrogen-bond acceptors (Lipinski definition) is 2. The molecule has 0 bridgehead atoms. The van der Waals surface area contributed by atoms with Gasteiger partial charge in [0.2, 0.25) is 0 Å². The summed E-state index contributed by atoms with van der Waals surface area (Å²) in [6, 6.07) is 2.68. The molecule has 1 rings (SSSR count). The van der Waals surface area contributed by atoms with Crippen molar-refractivity contribution < 1.29 is 0 Å². The Hall–Kier alpha value is -0.800. The van der Waals surface area contributed by atoms with E-state index in [1.54, 1.807) is 0 Å². The summed E-state index contributed by atoms with van der Waals surface area (Å²) in [7, 11) is 1.96. The second-order valence-electron chi connectivity index (χ2n) is 3.20. The van der Waals surface area contributed by atoms with E-state index in [-0.39, 0.29) is 6.04 Å². The lowest BCUT2D eigenvalue weighted by atomic mass is 10.0. The van der Waals surface area contributed by atoms with E-state index in [0.29, 0.717) is 6.04 Å². The summed E-state index contributed by atoms with van der Waals surface area (Å²) in [5.41, 5.74) is 7.00. The predicted molar refractivity (Wildman–Crippen MR) is 50.9 cm³/mol. The monoisotopic (exact) mass is 167 g/mol. The molecule has 0 aliphatic rings. The average molecular weight is 167 g/mol. The highest BCUT2D eigenvalue weighted by atomic mass is 14.9. The molecule has 0 amide bonds.